The molecule has 5 heteroatoms. The molecule has 1 aromatic rings. The molecule has 0 aliphatic rings. The van der Waals surface area contributed by atoms with Gasteiger partial charge in [0.25, 0.3) is 0 Å². The minimum Gasteiger partial charge on any atom is -0.577 e. The Morgan fingerprint density at radius 2 is 2.13 bits per heavy atom. The van der Waals surface area contributed by atoms with Crippen molar-refractivity contribution in [2.45, 2.75) is 13.3 Å². The third kappa shape index (κ3) is 3.89. The topological polar surface area (TPSA) is 75.9 Å². The summed E-state index contributed by atoms with van der Waals surface area (Å²) in [5, 5.41) is 0. The minimum atomic E-state index is -3.35. The Morgan fingerprint density at radius 1 is 1.40 bits per heavy atom. The minimum absolute atomic E-state index is 0.00333. The van der Waals surface area contributed by atoms with E-state index in [9.17, 15) is 8.42 Å². The molecule has 0 aromatic heterocycles. The number of nitrogens with zero attached hydrogens (tertiary/aromatic N) is 1. The van der Waals surface area contributed by atoms with Crippen molar-refractivity contribution in [3.05, 3.63) is 34.6 Å². The summed E-state index contributed by atoms with van der Waals surface area (Å²) >= 11 is 0. The molecule has 0 aliphatic heterocycles. The van der Waals surface area contributed by atoms with Crippen LogP contribution in [0.1, 0.15) is 12.5 Å². The van der Waals surface area contributed by atoms with Crippen molar-refractivity contribution in [1.82, 2.24) is 0 Å². The summed E-state index contributed by atoms with van der Waals surface area (Å²) in [6, 6.07) is 7.25. The maximum atomic E-state index is 11.4. The predicted octanol–water partition coefficient (Wildman–Crippen LogP) is 0.826. The third-order valence-corrected chi connectivity index (χ3v) is 3.26. The summed E-state index contributed by atoms with van der Waals surface area (Å²) in [5.41, 5.74) is 5.09. The van der Waals surface area contributed by atoms with Gasteiger partial charge in [-0.2, -0.15) is 0 Å². The Labute approximate surface area is 90.5 Å². The zero-order chi connectivity index (χ0) is 11.3. The van der Waals surface area contributed by atoms with Gasteiger partial charge in [-0.05, 0) is 12.0 Å². The molecule has 84 valence electrons. The van der Waals surface area contributed by atoms with Crippen LogP contribution in [0.5, 0.6) is 0 Å². The van der Waals surface area contributed by atoms with E-state index >= 15 is 0 Å². The summed E-state index contributed by atoms with van der Waals surface area (Å²) in [4.78, 5) is 0. The van der Waals surface area contributed by atoms with E-state index in [1.54, 1.807) is 12.1 Å². The molecule has 3 N–H and O–H groups in total. The molecule has 1 rings (SSSR count). The summed E-state index contributed by atoms with van der Waals surface area (Å²) in [6.45, 7) is 2.36. The van der Waals surface area contributed by atoms with Gasteiger partial charge < -0.3 is 10.5 Å². The normalized spacial score (nSPS) is 11.3. The first-order valence-electron chi connectivity index (χ1n) is 4.91. The summed E-state index contributed by atoms with van der Waals surface area (Å²) in [5.74, 6) is 0.00333. The smallest absolute Gasteiger partial charge is 0.0993 e. The molecule has 0 saturated heterocycles. The zero-order valence-electron chi connectivity index (χ0n) is 8.81. The number of rotatable bonds is 5. The number of aryl methyl sites for hydroxylation is 1. The Balaban J connectivity index is 2.80. The average molecular weight is 228 g/mol. The van der Waals surface area contributed by atoms with Crippen molar-refractivity contribution >= 4 is 15.7 Å². The molecule has 0 fully saturated rings. The van der Waals surface area contributed by atoms with Crippen LogP contribution in [0.4, 0.5) is 5.69 Å². The van der Waals surface area contributed by atoms with Gasteiger partial charge in [-0.3, -0.25) is 0 Å². The van der Waals surface area contributed by atoms with Gasteiger partial charge in [0.15, 0.2) is 0 Å². The highest BCUT2D eigenvalue weighted by atomic mass is 32.2. The second-order valence-electron chi connectivity index (χ2n) is 3.25. The first-order chi connectivity index (χ1) is 7.07. The van der Waals surface area contributed by atoms with E-state index < -0.39 is 10.0 Å². The monoisotopic (exact) mass is 228 g/mol. The number of sulfonamides is 1. The van der Waals surface area contributed by atoms with Gasteiger partial charge in [0.05, 0.1) is 22.3 Å². The SMILES string of the molecule is CCc1cccc([N-]S(=O)(=O)CC[NH3+])c1. The van der Waals surface area contributed by atoms with Gasteiger partial charge >= 0.3 is 0 Å². The number of hydrogen-bond acceptors (Lipinski definition) is 2. The van der Waals surface area contributed by atoms with Gasteiger partial charge in [0.2, 0.25) is 0 Å². The first kappa shape index (κ1) is 12.0. The second kappa shape index (κ2) is 5.14. The number of hydrogen-bond donors (Lipinski definition) is 1. The van der Waals surface area contributed by atoms with Crippen molar-refractivity contribution in [1.29, 1.82) is 0 Å². The molecule has 0 aliphatic carbocycles. The van der Waals surface area contributed by atoms with Crippen LogP contribution >= 0.6 is 0 Å². The van der Waals surface area contributed by atoms with Crippen LogP contribution in [0.2, 0.25) is 0 Å². The van der Waals surface area contributed by atoms with Crippen molar-refractivity contribution < 1.29 is 14.2 Å². The van der Waals surface area contributed by atoms with Crippen LogP contribution in [-0.2, 0) is 16.4 Å². The molecule has 15 heavy (non-hydrogen) atoms. The van der Waals surface area contributed by atoms with E-state index in [0.717, 1.165) is 12.0 Å². The molecule has 4 nitrogen and oxygen atoms in total. The molecule has 0 amide bonds. The highest BCUT2D eigenvalue weighted by Crippen LogP contribution is 2.23. The number of quaternary nitrogens is 1. The van der Waals surface area contributed by atoms with Gasteiger partial charge in [-0.15, -0.1) is 5.69 Å². The highest BCUT2D eigenvalue weighted by molar-refractivity contribution is 7.94. The van der Waals surface area contributed by atoms with E-state index in [1.165, 1.54) is 0 Å². The molecule has 0 heterocycles. The van der Waals surface area contributed by atoms with Crippen molar-refractivity contribution in [3.8, 4) is 0 Å². The quantitative estimate of drug-likeness (QED) is 0.810. The number of benzene rings is 1. The molecule has 0 bridgehead atoms. The fourth-order valence-electron chi connectivity index (χ4n) is 1.22. The maximum absolute atomic E-state index is 11.4. The van der Waals surface area contributed by atoms with Crippen LogP contribution in [0, 0.1) is 0 Å². The average Bonchev–Trinajstić information content (AvgIpc) is 2.17. The lowest BCUT2D eigenvalue weighted by atomic mass is 10.1. The van der Waals surface area contributed by atoms with E-state index in [1.807, 2.05) is 19.1 Å². The molecular formula is C10H16N2O2S. The molecule has 1 aromatic carbocycles. The van der Waals surface area contributed by atoms with Crippen LogP contribution < -0.4 is 5.73 Å². The Morgan fingerprint density at radius 3 is 2.73 bits per heavy atom. The Hall–Kier alpha value is -1.07. The molecule has 0 unspecified atom stereocenters. The largest absolute Gasteiger partial charge is 0.577 e. The van der Waals surface area contributed by atoms with E-state index in [-0.39, 0.29) is 5.75 Å². The van der Waals surface area contributed by atoms with Crippen LogP contribution in [0.3, 0.4) is 0 Å². The lowest BCUT2D eigenvalue weighted by molar-refractivity contribution is -0.360. The molecule has 0 spiro atoms. The fraction of sp³-hybridized carbons (Fsp3) is 0.400. The van der Waals surface area contributed by atoms with Crippen molar-refractivity contribution in [2.24, 2.45) is 0 Å². The molecule has 0 saturated carbocycles. The van der Waals surface area contributed by atoms with Gasteiger partial charge in [0, 0.05) is 0 Å². The highest BCUT2D eigenvalue weighted by Gasteiger charge is 1.99. The Bertz CT molecular complexity index is 415. The maximum Gasteiger partial charge on any atom is 0.0993 e. The van der Waals surface area contributed by atoms with E-state index in [4.69, 9.17) is 0 Å². The Kier molecular flexibility index (Phi) is 4.11. The van der Waals surface area contributed by atoms with Gasteiger partial charge in [-0.1, -0.05) is 31.2 Å². The molecule has 0 radical (unpaired) electrons. The van der Waals surface area contributed by atoms with Crippen molar-refractivity contribution in [3.63, 3.8) is 0 Å². The summed E-state index contributed by atoms with van der Waals surface area (Å²) < 4.78 is 26.5. The fourth-order valence-corrected chi connectivity index (χ4v) is 2.11. The van der Waals surface area contributed by atoms with Crippen LogP contribution in [-0.4, -0.2) is 20.7 Å². The van der Waals surface area contributed by atoms with Crippen molar-refractivity contribution in [2.75, 3.05) is 12.3 Å². The standard InChI is InChI=1S/C10H15N2O2S/c1-2-9-4-3-5-10(8-9)12-15(13,14)7-6-11/h3-5,8H,2,6-7,11H2,1H3/q-1/p+1. The van der Waals surface area contributed by atoms with Crippen LogP contribution in [0.25, 0.3) is 4.72 Å². The lowest BCUT2D eigenvalue weighted by Crippen LogP contribution is -2.52. The van der Waals surface area contributed by atoms with Gasteiger partial charge in [-0.25, -0.2) is 8.42 Å². The predicted molar refractivity (Wildman–Crippen MR) is 60.4 cm³/mol. The first-order valence-corrected chi connectivity index (χ1v) is 6.52. The van der Waals surface area contributed by atoms with E-state index in [0.29, 0.717) is 12.2 Å². The summed E-state index contributed by atoms with van der Waals surface area (Å²) in [7, 11) is -3.35. The van der Waals surface area contributed by atoms with Gasteiger partial charge in [0.1, 0.15) is 0 Å². The van der Waals surface area contributed by atoms with E-state index in [2.05, 4.69) is 10.5 Å². The van der Waals surface area contributed by atoms with Crippen LogP contribution in [0.15, 0.2) is 24.3 Å². The zero-order valence-corrected chi connectivity index (χ0v) is 9.63. The second-order valence-corrected chi connectivity index (χ2v) is 5.01. The third-order valence-electron chi connectivity index (χ3n) is 1.97. The summed E-state index contributed by atoms with van der Waals surface area (Å²) in [6.07, 6.45) is 0.874. The molecule has 0 atom stereocenters. The molecular weight excluding hydrogens is 212 g/mol. The lowest BCUT2D eigenvalue weighted by Gasteiger charge is -2.21.